The lowest BCUT2D eigenvalue weighted by atomic mass is 9.69. The van der Waals surface area contributed by atoms with Gasteiger partial charge in [-0.25, -0.2) is 0 Å². The van der Waals surface area contributed by atoms with Gasteiger partial charge < -0.3 is 5.73 Å². The molecule has 88 valence electrons. The van der Waals surface area contributed by atoms with Crippen molar-refractivity contribution in [3.05, 3.63) is 29.6 Å². The zero-order valence-electron chi connectivity index (χ0n) is 10.4. The van der Waals surface area contributed by atoms with Gasteiger partial charge in [0.15, 0.2) is 0 Å². The van der Waals surface area contributed by atoms with Crippen molar-refractivity contribution in [2.75, 3.05) is 0 Å². The summed E-state index contributed by atoms with van der Waals surface area (Å²) in [4.78, 5) is 4.25. The van der Waals surface area contributed by atoms with Crippen LogP contribution in [0.2, 0.25) is 0 Å². The van der Waals surface area contributed by atoms with E-state index >= 15 is 0 Å². The summed E-state index contributed by atoms with van der Waals surface area (Å²) in [6.07, 6.45) is 10.3. The minimum absolute atomic E-state index is 0.139. The largest absolute Gasteiger partial charge is 0.323 e. The number of aryl methyl sites for hydroxylation is 1. The minimum atomic E-state index is 0.139. The summed E-state index contributed by atoms with van der Waals surface area (Å²) in [7, 11) is 0. The van der Waals surface area contributed by atoms with Crippen LogP contribution in [-0.4, -0.2) is 4.98 Å². The second-order valence-electron chi connectivity index (χ2n) is 5.49. The number of nitrogens with zero attached hydrogens (tertiary/aromatic N) is 1. The van der Waals surface area contributed by atoms with E-state index in [1.165, 1.54) is 43.2 Å². The van der Waals surface area contributed by atoms with E-state index in [1.54, 1.807) is 0 Å². The molecule has 1 aromatic heterocycles. The van der Waals surface area contributed by atoms with Crippen LogP contribution in [0.4, 0.5) is 0 Å². The third-order valence-corrected chi connectivity index (χ3v) is 4.00. The molecule has 0 bridgehead atoms. The molecule has 0 radical (unpaired) electrons. The van der Waals surface area contributed by atoms with Gasteiger partial charge in [0.2, 0.25) is 0 Å². The number of nitrogens with two attached hydrogens (primary N) is 1. The zero-order valence-corrected chi connectivity index (χ0v) is 10.4. The SMILES string of the molecule is Cc1cncc(C(N)C2(C)CCCCC2)c1. The quantitative estimate of drug-likeness (QED) is 0.826. The topological polar surface area (TPSA) is 38.9 Å². The van der Waals surface area contributed by atoms with Gasteiger partial charge in [-0.05, 0) is 36.3 Å². The molecule has 2 N–H and O–H groups in total. The molecule has 1 unspecified atom stereocenters. The fraction of sp³-hybridized carbons (Fsp3) is 0.643. The molecule has 2 heteroatoms. The van der Waals surface area contributed by atoms with Gasteiger partial charge in [0.1, 0.15) is 0 Å². The molecule has 0 amide bonds. The van der Waals surface area contributed by atoms with Crippen molar-refractivity contribution in [3.63, 3.8) is 0 Å². The van der Waals surface area contributed by atoms with Gasteiger partial charge in [0.05, 0.1) is 0 Å². The lowest BCUT2D eigenvalue weighted by Gasteiger charge is -2.39. The van der Waals surface area contributed by atoms with Gasteiger partial charge in [0.25, 0.3) is 0 Å². The summed E-state index contributed by atoms with van der Waals surface area (Å²) in [5.74, 6) is 0. The molecule has 1 aliphatic carbocycles. The van der Waals surface area contributed by atoms with Crippen molar-refractivity contribution < 1.29 is 0 Å². The van der Waals surface area contributed by atoms with Crippen molar-refractivity contribution in [2.45, 2.75) is 52.0 Å². The lowest BCUT2D eigenvalue weighted by Crippen LogP contribution is -2.34. The highest BCUT2D eigenvalue weighted by Crippen LogP contribution is 2.44. The van der Waals surface area contributed by atoms with Crippen LogP contribution in [-0.2, 0) is 0 Å². The Balaban J connectivity index is 2.20. The van der Waals surface area contributed by atoms with E-state index in [0.717, 1.165) is 0 Å². The first kappa shape index (κ1) is 11.6. The van der Waals surface area contributed by atoms with Crippen molar-refractivity contribution in [3.8, 4) is 0 Å². The van der Waals surface area contributed by atoms with Crippen LogP contribution in [0, 0.1) is 12.3 Å². The molecule has 0 aromatic carbocycles. The van der Waals surface area contributed by atoms with Gasteiger partial charge in [-0.15, -0.1) is 0 Å². The Hall–Kier alpha value is -0.890. The third kappa shape index (κ3) is 2.27. The Labute approximate surface area is 98.3 Å². The van der Waals surface area contributed by atoms with Gasteiger partial charge in [0, 0.05) is 18.4 Å². The number of rotatable bonds is 2. The summed E-state index contributed by atoms with van der Waals surface area (Å²) >= 11 is 0. The highest BCUT2D eigenvalue weighted by atomic mass is 14.7. The fourth-order valence-corrected chi connectivity index (χ4v) is 2.82. The van der Waals surface area contributed by atoms with Crippen molar-refractivity contribution >= 4 is 0 Å². The van der Waals surface area contributed by atoms with Gasteiger partial charge >= 0.3 is 0 Å². The summed E-state index contributed by atoms with van der Waals surface area (Å²) in [5.41, 5.74) is 9.10. The van der Waals surface area contributed by atoms with E-state index in [4.69, 9.17) is 5.73 Å². The second-order valence-corrected chi connectivity index (χ2v) is 5.49. The molecule has 1 fully saturated rings. The predicted octanol–water partition coefficient (Wildman–Crippen LogP) is 3.36. The third-order valence-electron chi connectivity index (χ3n) is 4.00. The molecule has 1 saturated carbocycles. The van der Waals surface area contributed by atoms with Crippen LogP contribution < -0.4 is 5.73 Å². The highest BCUT2D eigenvalue weighted by molar-refractivity contribution is 5.22. The van der Waals surface area contributed by atoms with Crippen molar-refractivity contribution in [2.24, 2.45) is 11.1 Å². The van der Waals surface area contributed by atoms with E-state index in [9.17, 15) is 0 Å². The molecule has 0 spiro atoms. The molecule has 1 aromatic rings. The monoisotopic (exact) mass is 218 g/mol. The maximum atomic E-state index is 6.43. The standard InChI is InChI=1S/C14H22N2/c1-11-8-12(10-16-9-11)13(15)14(2)6-4-3-5-7-14/h8-10,13H,3-7,15H2,1-2H3. The Morgan fingerprint density at radius 3 is 2.56 bits per heavy atom. The van der Waals surface area contributed by atoms with Crippen molar-refractivity contribution in [1.82, 2.24) is 4.98 Å². The first-order valence-electron chi connectivity index (χ1n) is 6.29. The van der Waals surface area contributed by atoms with Crippen LogP contribution in [0.25, 0.3) is 0 Å². The molecule has 1 atom stereocenters. The second kappa shape index (κ2) is 4.54. The minimum Gasteiger partial charge on any atom is -0.323 e. The van der Waals surface area contributed by atoms with Crippen LogP contribution in [0.5, 0.6) is 0 Å². The Morgan fingerprint density at radius 2 is 1.94 bits per heavy atom. The van der Waals surface area contributed by atoms with Gasteiger partial charge in [-0.3, -0.25) is 4.98 Å². The van der Waals surface area contributed by atoms with Gasteiger partial charge in [-0.1, -0.05) is 32.3 Å². The molecule has 1 heterocycles. The molecular weight excluding hydrogens is 196 g/mol. The Bertz CT molecular complexity index is 354. The lowest BCUT2D eigenvalue weighted by molar-refractivity contribution is 0.170. The Kier molecular flexibility index (Phi) is 3.29. The van der Waals surface area contributed by atoms with Crippen LogP contribution >= 0.6 is 0 Å². The summed E-state index contributed by atoms with van der Waals surface area (Å²) in [6.45, 7) is 4.41. The fourth-order valence-electron chi connectivity index (χ4n) is 2.82. The molecule has 16 heavy (non-hydrogen) atoms. The van der Waals surface area contributed by atoms with E-state index in [1.807, 2.05) is 12.4 Å². The van der Waals surface area contributed by atoms with Crippen LogP contribution in [0.3, 0.4) is 0 Å². The van der Waals surface area contributed by atoms with Crippen molar-refractivity contribution in [1.29, 1.82) is 0 Å². The predicted molar refractivity (Wildman–Crippen MR) is 67.1 cm³/mol. The maximum absolute atomic E-state index is 6.43. The maximum Gasteiger partial charge on any atom is 0.0364 e. The smallest absolute Gasteiger partial charge is 0.0364 e. The average Bonchev–Trinajstić information content (AvgIpc) is 2.29. The van der Waals surface area contributed by atoms with E-state index in [2.05, 4.69) is 24.9 Å². The van der Waals surface area contributed by atoms with Gasteiger partial charge in [-0.2, -0.15) is 0 Å². The first-order valence-corrected chi connectivity index (χ1v) is 6.29. The number of aromatic nitrogens is 1. The van der Waals surface area contributed by atoms with Crippen LogP contribution in [0.1, 0.15) is 56.2 Å². The van der Waals surface area contributed by atoms with E-state index in [0.29, 0.717) is 0 Å². The van der Waals surface area contributed by atoms with Crippen LogP contribution in [0.15, 0.2) is 18.5 Å². The molecular formula is C14H22N2. The molecule has 1 aliphatic rings. The molecule has 0 aliphatic heterocycles. The van der Waals surface area contributed by atoms with E-state index in [-0.39, 0.29) is 11.5 Å². The summed E-state index contributed by atoms with van der Waals surface area (Å²) in [5, 5.41) is 0. The highest BCUT2D eigenvalue weighted by Gasteiger charge is 2.34. The number of hydrogen-bond donors (Lipinski definition) is 1. The zero-order chi connectivity index (χ0) is 11.6. The molecule has 2 rings (SSSR count). The number of hydrogen-bond acceptors (Lipinski definition) is 2. The number of pyridine rings is 1. The molecule has 0 saturated heterocycles. The molecule has 2 nitrogen and oxygen atoms in total. The summed E-state index contributed by atoms with van der Waals surface area (Å²) < 4.78 is 0. The first-order chi connectivity index (χ1) is 7.62. The average molecular weight is 218 g/mol. The summed E-state index contributed by atoms with van der Waals surface area (Å²) in [6, 6.07) is 2.32. The van der Waals surface area contributed by atoms with E-state index < -0.39 is 0 Å². The normalized spacial score (nSPS) is 21.7. The Morgan fingerprint density at radius 1 is 1.25 bits per heavy atom.